The number of halogens is 1. The van der Waals surface area contributed by atoms with Crippen molar-refractivity contribution >= 4 is 34.0 Å². The van der Waals surface area contributed by atoms with Gasteiger partial charge in [-0.15, -0.1) is 10.2 Å². The van der Waals surface area contributed by atoms with Crippen molar-refractivity contribution < 1.29 is 14.3 Å². The maximum absolute atomic E-state index is 11.7. The van der Waals surface area contributed by atoms with Gasteiger partial charge >= 0.3 is 0 Å². The molecule has 1 amide bonds. The number of amides is 1. The first-order valence-corrected chi connectivity index (χ1v) is 7.45. The van der Waals surface area contributed by atoms with Crippen LogP contribution >= 0.6 is 22.9 Å². The second-order valence-electron chi connectivity index (χ2n) is 3.93. The standard InChI is InChI=1S/C13H14ClN3O3S/c1-2-19-8-12-16-17-13(21-12)15-11(18)7-20-10-5-3-9(14)4-6-10/h3-6H,2,7-8H2,1H3,(H,15,17,18). The van der Waals surface area contributed by atoms with Gasteiger partial charge in [-0.3, -0.25) is 10.1 Å². The number of carbonyl (C=O) groups is 1. The normalized spacial score (nSPS) is 10.4. The van der Waals surface area contributed by atoms with Gasteiger partial charge < -0.3 is 9.47 Å². The van der Waals surface area contributed by atoms with Crippen LogP contribution in [0.3, 0.4) is 0 Å². The number of nitrogens with zero attached hydrogens (tertiary/aromatic N) is 2. The minimum atomic E-state index is -0.302. The molecule has 0 aliphatic heterocycles. The summed E-state index contributed by atoms with van der Waals surface area (Å²) >= 11 is 7.03. The molecule has 1 N–H and O–H groups in total. The van der Waals surface area contributed by atoms with Crippen LogP contribution in [0.15, 0.2) is 24.3 Å². The average Bonchev–Trinajstić information content (AvgIpc) is 2.92. The van der Waals surface area contributed by atoms with Crippen LogP contribution in [0.4, 0.5) is 5.13 Å². The highest BCUT2D eigenvalue weighted by Crippen LogP contribution is 2.17. The first kappa shape index (κ1) is 15.7. The summed E-state index contributed by atoms with van der Waals surface area (Å²) in [6, 6.07) is 6.78. The fourth-order valence-corrected chi connectivity index (χ4v) is 2.21. The van der Waals surface area contributed by atoms with Crippen LogP contribution in [0.2, 0.25) is 5.02 Å². The molecule has 2 rings (SSSR count). The molecule has 1 aromatic heterocycles. The average molecular weight is 328 g/mol. The van der Waals surface area contributed by atoms with Crippen molar-refractivity contribution in [1.82, 2.24) is 10.2 Å². The van der Waals surface area contributed by atoms with Gasteiger partial charge in [0.1, 0.15) is 17.4 Å². The van der Waals surface area contributed by atoms with Crippen molar-refractivity contribution in [3.05, 3.63) is 34.3 Å². The summed E-state index contributed by atoms with van der Waals surface area (Å²) in [5.74, 6) is 0.271. The molecule has 0 aliphatic carbocycles. The van der Waals surface area contributed by atoms with E-state index in [1.54, 1.807) is 24.3 Å². The second-order valence-corrected chi connectivity index (χ2v) is 5.43. The van der Waals surface area contributed by atoms with E-state index in [4.69, 9.17) is 21.1 Å². The van der Waals surface area contributed by atoms with E-state index in [-0.39, 0.29) is 12.5 Å². The number of nitrogens with one attached hydrogen (secondary N) is 1. The lowest BCUT2D eigenvalue weighted by Crippen LogP contribution is -2.20. The highest BCUT2D eigenvalue weighted by atomic mass is 35.5. The minimum Gasteiger partial charge on any atom is -0.484 e. The molecule has 8 heteroatoms. The fraction of sp³-hybridized carbons (Fsp3) is 0.308. The molecule has 2 aromatic rings. The van der Waals surface area contributed by atoms with E-state index >= 15 is 0 Å². The van der Waals surface area contributed by atoms with Crippen molar-refractivity contribution in [1.29, 1.82) is 0 Å². The van der Waals surface area contributed by atoms with Gasteiger partial charge in [0.25, 0.3) is 5.91 Å². The van der Waals surface area contributed by atoms with E-state index in [9.17, 15) is 4.79 Å². The predicted molar refractivity (Wildman–Crippen MR) is 80.8 cm³/mol. The third kappa shape index (κ3) is 5.30. The SMILES string of the molecule is CCOCc1nnc(NC(=O)COc2ccc(Cl)cc2)s1. The quantitative estimate of drug-likeness (QED) is 0.846. The highest BCUT2D eigenvalue weighted by Gasteiger charge is 2.09. The number of anilines is 1. The number of ether oxygens (including phenoxy) is 2. The molecule has 0 unspecified atom stereocenters. The van der Waals surface area contributed by atoms with Crippen molar-refractivity contribution in [2.24, 2.45) is 0 Å². The summed E-state index contributed by atoms with van der Waals surface area (Å²) < 4.78 is 10.5. The smallest absolute Gasteiger partial charge is 0.264 e. The zero-order valence-corrected chi connectivity index (χ0v) is 12.9. The molecule has 0 saturated carbocycles. The third-order valence-corrected chi connectivity index (χ3v) is 3.39. The van der Waals surface area contributed by atoms with Gasteiger partial charge in [-0.2, -0.15) is 0 Å². The molecule has 6 nitrogen and oxygen atoms in total. The summed E-state index contributed by atoms with van der Waals surface area (Å²) in [6.45, 7) is 2.79. The Labute approximate surface area is 131 Å². The molecule has 1 heterocycles. The first-order chi connectivity index (χ1) is 10.2. The lowest BCUT2D eigenvalue weighted by Gasteiger charge is -2.05. The molecule has 0 fully saturated rings. The molecule has 21 heavy (non-hydrogen) atoms. The molecule has 0 radical (unpaired) electrons. The molecular formula is C13H14ClN3O3S. The molecule has 112 valence electrons. The Bertz CT molecular complexity index is 589. The van der Waals surface area contributed by atoms with Crippen LogP contribution in [0.1, 0.15) is 11.9 Å². The Balaban J connectivity index is 1.78. The van der Waals surface area contributed by atoms with Crippen LogP contribution in [0.5, 0.6) is 5.75 Å². The van der Waals surface area contributed by atoms with Crippen molar-refractivity contribution in [2.75, 3.05) is 18.5 Å². The van der Waals surface area contributed by atoms with Gasteiger partial charge in [0.2, 0.25) is 5.13 Å². The zero-order valence-electron chi connectivity index (χ0n) is 11.3. The number of benzene rings is 1. The van der Waals surface area contributed by atoms with E-state index in [1.165, 1.54) is 11.3 Å². The van der Waals surface area contributed by atoms with E-state index in [0.29, 0.717) is 34.1 Å². The van der Waals surface area contributed by atoms with Gasteiger partial charge in [-0.1, -0.05) is 22.9 Å². The highest BCUT2D eigenvalue weighted by molar-refractivity contribution is 7.15. The zero-order chi connectivity index (χ0) is 15.1. The van der Waals surface area contributed by atoms with Crippen LogP contribution in [-0.2, 0) is 16.1 Å². The van der Waals surface area contributed by atoms with E-state index in [0.717, 1.165) is 0 Å². The van der Waals surface area contributed by atoms with Gasteiger partial charge in [0.05, 0.1) is 0 Å². The molecule has 0 atom stereocenters. The molecular weight excluding hydrogens is 314 g/mol. The monoisotopic (exact) mass is 327 g/mol. The number of carbonyl (C=O) groups excluding carboxylic acids is 1. The number of aromatic nitrogens is 2. The van der Waals surface area contributed by atoms with Crippen molar-refractivity contribution in [2.45, 2.75) is 13.5 Å². The van der Waals surface area contributed by atoms with Crippen LogP contribution in [0.25, 0.3) is 0 Å². The lowest BCUT2D eigenvalue weighted by molar-refractivity contribution is -0.118. The summed E-state index contributed by atoms with van der Waals surface area (Å²) in [5, 5.41) is 12.1. The van der Waals surface area contributed by atoms with Gasteiger partial charge in [-0.25, -0.2) is 0 Å². The van der Waals surface area contributed by atoms with Crippen molar-refractivity contribution in [3.8, 4) is 5.75 Å². The Hall–Kier alpha value is -1.70. The minimum absolute atomic E-state index is 0.109. The van der Waals surface area contributed by atoms with E-state index < -0.39 is 0 Å². The predicted octanol–water partition coefficient (Wildman–Crippen LogP) is 2.75. The maximum atomic E-state index is 11.7. The molecule has 0 aliphatic rings. The number of rotatable bonds is 7. The second kappa shape index (κ2) is 7.92. The summed E-state index contributed by atoms with van der Waals surface area (Å²) in [7, 11) is 0. The van der Waals surface area contributed by atoms with Crippen molar-refractivity contribution in [3.63, 3.8) is 0 Å². The van der Waals surface area contributed by atoms with Crippen LogP contribution < -0.4 is 10.1 Å². The van der Waals surface area contributed by atoms with Gasteiger partial charge in [0.15, 0.2) is 6.61 Å². The van der Waals surface area contributed by atoms with Crippen LogP contribution in [-0.4, -0.2) is 29.3 Å². The summed E-state index contributed by atoms with van der Waals surface area (Å²) in [5.41, 5.74) is 0. The summed E-state index contributed by atoms with van der Waals surface area (Å²) in [6.07, 6.45) is 0. The van der Waals surface area contributed by atoms with E-state index in [1.807, 2.05) is 6.92 Å². The topological polar surface area (TPSA) is 73.3 Å². The molecule has 0 spiro atoms. The Morgan fingerprint density at radius 1 is 1.33 bits per heavy atom. The number of hydrogen-bond acceptors (Lipinski definition) is 6. The van der Waals surface area contributed by atoms with Crippen LogP contribution in [0, 0.1) is 0 Å². The lowest BCUT2D eigenvalue weighted by atomic mass is 10.3. The first-order valence-electron chi connectivity index (χ1n) is 6.25. The maximum Gasteiger partial charge on any atom is 0.264 e. The Morgan fingerprint density at radius 3 is 2.81 bits per heavy atom. The molecule has 1 aromatic carbocycles. The molecule has 0 saturated heterocycles. The van der Waals surface area contributed by atoms with E-state index in [2.05, 4.69) is 15.5 Å². The van der Waals surface area contributed by atoms with Gasteiger partial charge in [0, 0.05) is 11.6 Å². The number of hydrogen-bond donors (Lipinski definition) is 1. The largest absolute Gasteiger partial charge is 0.484 e. The fourth-order valence-electron chi connectivity index (χ4n) is 1.39. The third-order valence-electron chi connectivity index (χ3n) is 2.33. The van der Waals surface area contributed by atoms with Gasteiger partial charge in [-0.05, 0) is 31.2 Å². The Kier molecular flexibility index (Phi) is 5.91. The Morgan fingerprint density at radius 2 is 2.10 bits per heavy atom. The summed E-state index contributed by atoms with van der Waals surface area (Å²) in [4.78, 5) is 11.7. The molecule has 0 bridgehead atoms.